The second kappa shape index (κ2) is 6.66. The zero-order chi connectivity index (χ0) is 21.3. The Morgan fingerprint density at radius 1 is 0.871 bits per heavy atom. The van der Waals surface area contributed by atoms with Crippen LogP contribution in [0.25, 0.3) is 11.1 Å². The van der Waals surface area contributed by atoms with Crippen molar-refractivity contribution < 1.29 is 24.1 Å². The number of benzene rings is 3. The minimum atomic E-state index is -0.206. The van der Waals surface area contributed by atoms with Crippen LogP contribution in [0, 0.1) is 0 Å². The summed E-state index contributed by atoms with van der Waals surface area (Å²) in [7, 11) is 5.08. The van der Waals surface area contributed by atoms with E-state index in [9.17, 15) is 5.11 Å². The van der Waals surface area contributed by atoms with Gasteiger partial charge in [0.1, 0.15) is 29.1 Å². The van der Waals surface area contributed by atoms with Gasteiger partial charge in [0, 0.05) is 47.3 Å². The van der Waals surface area contributed by atoms with Crippen LogP contribution in [0.1, 0.15) is 52.7 Å². The van der Waals surface area contributed by atoms with Crippen molar-refractivity contribution in [3.63, 3.8) is 0 Å². The maximum atomic E-state index is 11.0. The van der Waals surface area contributed by atoms with Gasteiger partial charge in [-0.15, -0.1) is 0 Å². The van der Waals surface area contributed by atoms with Crippen LogP contribution in [0.4, 0.5) is 0 Å². The van der Waals surface area contributed by atoms with E-state index >= 15 is 0 Å². The van der Waals surface area contributed by atoms with Crippen LogP contribution >= 0.6 is 0 Å². The molecule has 2 aliphatic carbocycles. The van der Waals surface area contributed by atoms with Gasteiger partial charge in [-0.2, -0.15) is 0 Å². The Kier molecular flexibility index (Phi) is 3.99. The first-order chi connectivity index (χ1) is 15.2. The molecular weight excluding hydrogens is 392 g/mol. The van der Waals surface area contributed by atoms with E-state index in [2.05, 4.69) is 18.2 Å². The zero-order valence-electron chi connectivity index (χ0n) is 17.7. The van der Waals surface area contributed by atoms with E-state index in [1.165, 1.54) is 5.56 Å². The maximum Gasteiger partial charge on any atom is 0.132 e. The molecule has 1 heterocycles. The lowest BCUT2D eigenvalue weighted by Crippen LogP contribution is -2.36. The maximum absolute atomic E-state index is 11.0. The Morgan fingerprint density at radius 2 is 1.65 bits per heavy atom. The molecule has 0 saturated heterocycles. The van der Waals surface area contributed by atoms with Crippen molar-refractivity contribution in [2.75, 3.05) is 21.3 Å². The van der Waals surface area contributed by atoms with E-state index in [1.807, 2.05) is 24.3 Å². The molecule has 31 heavy (non-hydrogen) atoms. The number of hydrogen-bond acceptors (Lipinski definition) is 5. The van der Waals surface area contributed by atoms with Gasteiger partial charge in [0.15, 0.2) is 0 Å². The van der Waals surface area contributed by atoms with Gasteiger partial charge in [-0.25, -0.2) is 0 Å². The predicted molar refractivity (Wildman–Crippen MR) is 116 cm³/mol. The molecule has 0 radical (unpaired) electrons. The second-order valence-electron chi connectivity index (χ2n) is 8.39. The van der Waals surface area contributed by atoms with Crippen molar-refractivity contribution in [3.05, 3.63) is 70.8 Å². The Labute approximate surface area is 181 Å². The molecule has 3 aromatic carbocycles. The third-order valence-electron chi connectivity index (χ3n) is 7.14. The third kappa shape index (κ3) is 2.35. The molecule has 0 aromatic heterocycles. The average molecular weight is 416 g/mol. The van der Waals surface area contributed by atoms with E-state index < -0.39 is 0 Å². The monoisotopic (exact) mass is 416 g/mol. The molecule has 0 spiro atoms. The van der Waals surface area contributed by atoms with Gasteiger partial charge in [0.2, 0.25) is 0 Å². The molecule has 0 fully saturated rings. The number of rotatable bonds is 3. The summed E-state index contributed by atoms with van der Waals surface area (Å²) in [6, 6.07) is 15.8. The molecule has 3 aliphatic rings. The van der Waals surface area contributed by atoms with E-state index in [-0.39, 0.29) is 29.8 Å². The molecule has 158 valence electrons. The molecule has 1 N–H and O–H groups in total. The topological polar surface area (TPSA) is 57.2 Å². The highest BCUT2D eigenvalue weighted by Crippen LogP contribution is 2.66. The first kappa shape index (κ1) is 18.6. The van der Waals surface area contributed by atoms with E-state index in [0.717, 1.165) is 45.7 Å². The lowest BCUT2D eigenvalue weighted by atomic mass is 9.61. The van der Waals surface area contributed by atoms with Gasteiger partial charge in [0.25, 0.3) is 0 Å². The average Bonchev–Trinajstić information content (AvgIpc) is 2.81. The van der Waals surface area contributed by atoms with Crippen molar-refractivity contribution in [2.24, 2.45) is 0 Å². The Hall–Kier alpha value is -3.18. The normalized spacial score (nSPS) is 24.4. The van der Waals surface area contributed by atoms with Gasteiger partial charge < -0.3 is 24.1 Å². The lowest BCUT2D eigenvalue weighted by Gasteiger charge is -2.49. The smallest absolute Gasteiger partial charge is 0.132 e. The summed E-state index contributed by atoms with van der Waals surface area (Å²) in [4.78, 5) is 0. The molecule has 1 aliphatic heterocycles. The first-order valence-corrected chi connectivity index (χ1v) is 10.6. The minimum Gasteiger partial charge on any atom is -0.507 e. The number of phenols is 1. The Morgan fingerprint density at radius 3 is 2.42 bits per heavy atom. The number of methoxy groups -OCH3 is 3. The number of phenolic OH excluding ortho intramolecular Hbond substituents is 1. The number of aromatic hydroxyl groups is 1. The summed E-state index contributed by atoms with van der Waals surface area (Å²) >= 11 is 0. The lowest BCUT2D eigenvalue weighted by molar-refractivity contribution is 0.0474. The molecule has 0 amide bonds. The molecular formula is C26H24O5. The summed E-state index contributed by atoms with van der Waals surface area (Å²) < 4.78 is 24.3. The number of hydrogen-bond donors (Lipinski definition) is 1. The first-order valence-electron chi connectivity index (χ1n) is 10.6. The number of ether oxygens (including phenoxy) is 4. The predicted octanol–water partition coefficient (Wildman–Crippen LogP) is 5.48. The standard InChI is InChI=1S/C26H24O5/c1-28-18-11-15-13-7-4-5-10-17(13)31-26-14-8-6-9-16(27)21(14)24-20(30-3)12-19(29-2)23(18)25(24)22(15)26/h4-10,12,15,18,22,26-27H,11H2,1-3H3/t15-,18+,22+,26+/m1/s1. The van der Waals surface area contributed by atoms with E-state index in [1.54, 1.807) is 27.4 Å². The highest BCUT2D eigenvalue weighted by Gasteiger charge is 2.52. The number of fused-ring (bicyclic) bond motifs is 5. The van der Waals surface area contributed by atoms with E-state index in [4.69, 9.17) is 18.9 Å². The van der Waals surface area contributed by atoms with Crippen molar-refractivity contribution in [1.29, 1.82) is 0 Å². The van der Waals surface area contributed by atoms with Gasteiger partial charge in [-0.05, 0) is 29.7 Å². The quantitative estimate of drug-likeness (QED) is 0.613. The molecule has 0 unspecified atom stereocenters. The van der Waals surface area contributed by atoms with Gasteiger partial charge in [0.05, 0.1) is 20.3 Å². The fourth-order valence-electron chi connectivity index (χ4n) is 5.96. The van der Waals surface area contributed by atoms with E-state index in [0.29, 0.717) is 5.75 Å². The molecule has 0 saturated carbocycles. The molecule has 6 rings (SSSR count). The summed E-state index contributed by atoms with van der Waals surface area (Å²) in [6.07, 6.45) is 0.499. The fourth-order valence-corrected chi connectivity index (χ4v) is 5.96. The Balaban J connectivity index is 1.76. The fraction of sp³-hybridized carbons (Fsp3) is 0.308. The highest BCUT2D eigenvalue weighted by molar-refractivity contribution is 5.87. The summed E-state index contributed by atoms with van der Waals surface area (Å²) in [5.74, 6) is 2.85. The van der Waals surface area contributed by atoms with Gasteiger partial charge >= 0.3 is 0 Å². The molecule has 5 nitrogen and oxygen atoms in total. The van der Waals surface area contributed by atoms with Crippen LogP contribution in [0.2, 0.25) is 0 Å². The van der Waals surface area contributed by atoms with Crippen LogP contribution in [0.5, 0.6) is 23.0 Å². The number of para-hydroxylation sites is 1. The molecule has 5 heteroatoms. The zero-order valence-corrected chi connectivity index (χ0v) is 17.7. The summed E-state index contributed by atoms with van der Waals surface area (Å²) in [5.41, 5.74) is 6.02. The minimum absolute atomic E-state index is 0.0737. The largest absolute Gasteiger partial charge is 0.507 e. The molecule has 4 atom stereocenters. The molecule has 3 aromatic rings. The van der Waals surface area contributed by atoms with Gasteiger partial charge in [-0.1, -0.05) is 30.3 Å². The third-order valence-corrected chi connectivity index (χ3v) is 7.14. The van der Waals surface area contributed by atoms with Crippen LogP contribution in [-0.2, 0) is 4.74 Å². The summed E-state index contributed by atoms with van der Waals surface area (Å²) in [6.45, 7) is 0. The SMILES string of the molecule is COc1cc(OC)c2c3c1-c1c(O)cccc1[C@@H]1Oc4ccccc4[C@@H](C[C@@H]2OC)[C@@H]31. The highest BCUT2D eigenvalue weighted by atomic mass is 16.5. The Bertz CT molecular complexity index is 1200. The summed E-state index contributed by atoms with van der Waals surface area (Å²) in [5, 5.41) is 11.0. The van der Waals surface area contributed by atoms with Crippen LogP contribution in [0.3, 0.4) is 0 Å². The van der Waals surface area contributed by atoms with Crippen molar-refractivity contribution >= 4 is 0 Å². The van der Waals surface area contributed by atoms with Gasteiger partial charge in [-0.3, -0.25) is 0 Å². The van der Waals surface area contributed by atoms with Crippen molar-refractivity contribution in [2.45, 2.75) is 30.5 Å². The van der Waals surface area contributed by atoms with Crippen LogP contribution < -0.4 is 14.2 Å². The second-order valence-corrected chi connectivity index (χ2v) is 8.39. The van der Waals surface area contributed by atoms with Crippen LogP contribution in [-0.4, -0.2) is 26.4 Å². The van der Waals surface area contributed by atoms with Crippen molar-refractivity contribution in [3.8, 4) is 34.1 Å². The van der Waals surface area contributed by atoms with Crippen LogP contribution in [0.15, 0.2) is 48.5 Å². The molecule has 0 bridgehead atoms. The van der Waals surface area contributed by atoms with Crippen molar-refractivity contribution in [1.82, 2.24) is 0 Å².